The Labute approximate surface area is 113 Å². The van der Waals surface area contributed by atoms with Crippen LogP contribution in [-0.4, -0.2) is 17.6 Å². The molecule has 0 aromatic heterocycles. The van der Waals surface area contributed by atoms with E-state index < -0.39 is 5.97 Å². The standard InChI is InChI=1S/C12H27N.C2H4O2.H3N/c1-2-3-4-5-6-7-8-9-10-11-12-13;1-2(3)4;/h2-13H2,1H3;1H3,(H,3,4);1H3. The third kappa shape index (κ3) is 36.1. The Bertz CT molecular complexity index is 139. The molecule has 0 aromatic rings. The zero-order valence-corrected chi connectivity index (χ0v) is 12.4. The molecule has 4 heteroatoms. The van der Waals surface area contributed by atoms with Gasteiger partial charge in [-0.25, -0.2) is 0 Å². The van der Waals surface area contributed by atoms with E-state index in [4.69, 9.17) is 15.6 Å². The van der Waals surface area contributed by atoms with Crippen molar-refractivity contribution < 1.29 is 9.90 Å². The van der Waals surface area contributed by atoms with Crippen LogP contribution in [0.4, 0.5) is 0 Å². The highest BCUT2D eigenvalue weighted by Gasteiger charge is 1.91. The van der Waals surface area contributed by atoms with Crippen molar-refractivity contribution in [3.05, 3.63) is 0 Å². The van der Waals surface area contributed by atoms with E-state index >= 15 is 0 Å². The fraction of sp³-hybridized carbons (Fsp3) is 0.929. The number of rotatable bonds is 10. The minimum Gasteiger partial charge on any atom is -0.481 e. The lowest BCUT2D eigenvalue weighted by Crippen LogP contribution is -1.97. The van der Waals surface area contributed by atoms with Gasteiger partial charge in [-0.15, -0.1) is 0 Å². The molecule has 0 saturated heterocycles. The van der Waals surface area contributed by atoms with Crippen LogP contribution in [0, 0.1) is 0 Å². The minimum absolute atomic E-state index is 0. The summed E-state index contributed by atoms with van der Waals surface area (Å²) in [5.41, 5.74) is 5.42. The number of unbranched alkanes of at least 4 members (excludes halogenated alkanes) is 9. The van der Waals surface area contributed by atoms with E-state index in [9.17, 15) is 0 Å². The van der Waals surface area contributed by atoms with Crippen LogP contribution in [0.3, 0.4) is 0 Å². The molecule has 0 rings (SSSR count). The van der Waals surface area contributed by atoms with Gasteiger partial charge in [0.2, 0.25) is 0 Å². The van der Waals surface area contributed by atoms with Gasteiger partial charge in [0.1, 0.15) is 0 Å². The van der Waals surface area contributed by atoms with E-state index in [0.29, 0.717) is 0 Å². The summed E-state index contributed by atoms with van der Waals surface area (Å²) in [5.74, 6) is -0.833. The third-order valence-corrected chi connectivity index (χ3v) is 2.56. The molecule has 0 aromatic carbocycles. The maximum absolute atomic E-state index is 9.00. The molecule has 18 heavy (non-hydrogen) atoms. The Morgan fingerprint density at radius 2 is 1.17 bits per heavy atom. The molecule has 0 aliphatic carbocycles. The molecule has 0 heterocycles. The Balaban J connectivity index is -0.000000392. The van der Waals surface area contributed by atoms with Gasteiger partial charge < -0.3 is 17.0 Å². The van der Waals surface area contributed by atoms with Gasteiger partial charge in [-0.3, -0.25) is 4.79 Å². The number of hydrogen-bond acceptors (Lipinski definition) is 3. The summed E-state index contributed by atoms with van der Waals surface area (Å²) in [4.78, 5) is 9.00. The van der Waals surface area contributed by atoms with Crippen LogP contribution in [0.1, 0.15) is 78.1 Å². The normalized spacial score (nSPS) is 9.06. The fourth-order valence-corrected chi connectivity index (χ4v) is 1.63. The van der Waals surface area contributed by atoms with Crippen LogP contribution < -0.4 is 11.9 Å². The molecule has 0 atom stereocenters. The van der Waals surface area contributed by atoms with Crippen molar-refractivity contribution in [2.75, 3.05) is 6.54 Å². The average molecular weight is 262 g/mol. The Morgan fingerprint density at radius 3 is 1.44 bits per heavy atom. The molecule has 0 aliphatic heterocycles. The summed E-state index contributed by atoms with van der Waals surface area (Å²) in [5, 5.41) is 7.42. The molecule has 0 aliphatic rings. The van der Waals surface area contributed by atoms with Gasteiger partial charge in [0.15, 0.2) is 0 Å². The topological polar surface area (TPSA) is 98.3 Å². The molecule has 4 nitrogen and oxygen atoms in total. The first kappa shape index (κ1) is 22.6. The first-order chi connectivity index (χ1) is 8.15. The molecule has 0 fully saturated rings. The maximum atomic E-state index is 9.00. The first-order valence-corrected chi connectivity index (χ1v) is 7.04. The Hall–Kier alpha value is -0.610. The molecule has 0 saturated carbocycles. The van der Waals surface area contributed by atoms with Crippen molar-refractivity contribution in [3.63, 3.8) is 0 Å². The first-order valence-electron chi connectivity index (χ1n) is 7.04. The highest BCUT2D eigenvalue weighted by atomic mass is 16.4. The van der Waals surface area contributed by atoms with Gasteiger partial charge in [-0.1, -0.05) is 64.7 Å². The summed E-state index contributed by atoms with van der Waals surface area (Å²) < 4.78 is 0. The molecule has 0 radical (unpaired) electrons. The predicted octanol–water partition coefficient (Wildman–Crippen LogP) is 4.12. The van der Waals surface area contributed by atoms with Gasteiger partial charge in [-0.05, 0) is 13.0 Å². The number of carboxylic acid groups (broad SMARTS) is 1. The number of carboxylic acids is 1. The number of aliphatic carboxylic acids is 1. The van der Waals surface area contributed by atoms with Crippen molar-refractivity contribution in [2.45, 2.75) is 78.1 Å². The lowest BCUT2D eigenvalue weighted by Gasteiger charge is -2.00. The van der Waals surface area contributed by atoms with E-state index in [1.54, 1.807) is 0 Å². The number of carbonyl (C=O) groups is 1. The molecule has 6 N–H and O–H groups in total. The molecule has 0 bridgehead atoms. The molecule has 112 valence electrons. The van der Waals surface area contributed by atoms with Gasteiger partial charge in [0.05, 0.1) is 0 Å². The van der Waals surface area contributed by atoms with E-state index in [-0.39, 0.29) is 6.15 Å². The van der Waals surface area contributed by atoms with Gasteiger partial charge in [0, 0.05) is 6.92 Å². The monoisotopic (exact) mass is 262 g/mol. The summed E-state index contributed by atoms with van der Waals surface area (Å²) in [6.45, 7) is 4.23. The molecule has 0 spiro atoms. The van der Waals surface area contributed by atoms with Crippen LogP contribution in [0.15, 0.2) is 0 Å². The van der Waals surface area contributed by atoms with Gasteiger partial charge in [0.25, 0.3) is 5.97 Å². The van der Waals surface area contributed by atoms with E-state index in [1.807, 2.05) is 0 Å². The van der Waals surface area contributed by atoms with Crippen LogP contribution in [-0.2, 0) is 4.79 Å². The number of hydrogen-bond donors (Lipinski definition) is 3. The summed E-state index contributed by atoms with van der Waals surface area (Å²) in [7, 11) is 0. The molecular weight excluding hydrogens is 228 g/mol. The highest BCUT2D eigenvalue weighted by Crippen LogP contribution is 2.09. The second-order valence-corrected chi connectivity index (χ2v) is 4.49. The van der Waals surface area contributed by atoms with Crippen molar-refractivity contribution in [2.24, 2.45) is 5.73 Å². The van der Waals surface area contributed by atoms with Crippen LogP contribution in [0.2, 0.25) is 0 Å². The second-order valence-electron chi connectivity index (χ2n) is 4.49. The van der Waals surface area contributed by atoms with Crippen LogP contribution in [0.25, 0.3) is 0 Å². The zero-order valence-electron chi connectivity index (χ0n) is 12.4. The van der Waals surface area contributed by atoms with Crippen molar-refractivity contribution in [3.8, 4) is 0 Å². The number of nitrogens with two attached hydrogens (primary N) is 1. The summed E-state index contributed by atoms with van der Waals surface area (Å²) >= 11 is 0. The Morgan fingerprint density at radius 1 is 0.889 bits per heavy atom. The quantitative estimate of drug-likeness (QED) is 0.516. The second kappa shape index (κ2) is 21.7. The summed E-state index contributed by atoms with van der Waals surface area (Å²) in [6, 6.07) is 0. The SMILES string of the molecule is CC(=O)O.CCCCCCCCCCCCN.N. The van der Waals surface area contributed by atoms with Crippen molar-refractivity contribution in [1.29, 1.82) is 0 Å². The lowest BCUT2D eigenvalue weighted by molar-refractivity contribution is -0.134. The summed E-state index contributed by atoms with van der Waals surface area (Å²) in [6.07, 6.45) is 13.9. The smallest absolute Gasteiger partial charge is 0.300 e. The van der Waals surface area contributed by atoms with Gasteiger partial charge >= 0.3 is 0 Å². The van der Waals surface area contributed by atoms with Gasteiger partial charge in [-0.2, -0.15) is 0 Å². The predicted molar refractivity (Wildman–Crippen MR) is 79.2 cm³/mol. The maximum Gasteiger partial charge on any atom is 0.300 e. The lowest BCUT2D eigenvalue weighted by atomic mass is 10.1. The highest BCUT2D eigenvalue weighted by molar-refractivity contribution is 5.62. The third-order valence-electron chi connectivity index (χ3n) is 2.56. The van der Waals surface area contributed by atoms with Crippen molar-refractivity contribution in [1.82, 2.24) is 6.15 Å². The average Bonchev–Trinajstić information content (AvgIpc) is 2.26. The minimum atomic E-state index is -0.833. The van der Waals surface area contributed by atoms with E-state index in [1.165, 1.54) is 64.2 Å². The molecule has 0 amide bonds. The van der Waals surface area contributed by atoms with Crippen LogP contribution >= 0.6 is 0 Å². The molecular formula is C14H34N2O2. The van der Waals surface area contributed by atoms with E-state index in [2.05, 4.69) is 6.92 Å². The van der Waals surface area contributed by atoms with Crippen molar-refractivity contribution >= 4 is 5.97 Å². The fourth-order valence-electron chi connectivity index (χ4n) is 1.63. The zero-order chi connectivity index (χ0) is 13.4. The Kier molecular flexibility index (Phi) is 27.1. The van der Waals surface area contributed by atoms with E-state index in [0.717, 1.165) is 13.5 Å². The van der Waals surface area contributed by atoms with Crippen LogP contribution in [0.5, 0.6) is 0 Å². The largest absolute Gasteiger partial charge is 0.481 e. The molecule has 0 unspecified atom stereocenters.